The van der Waals surface area contributed by atoms with Gasteiger partial charge in [-0.25, -0.2) is 13.2 Å². The average molecular weight is 370 g/mol. The molecule has 24 heavy (non-hydrogen) atoms. The second kappa shape index (κ2) is 6.37. The van der Waals surface area contributed by atoms with Gasteiger partial charge in [0, 0.05) is 16.5 Å². The number of aromatic nitrogens is 1. The highest BCUT2D eigenvalue weighted by molar-refractivity contribution is 7.71. The molecule has 126 valence electrons. The van der Waals surface area contributed by atoms with E-state index in [9.17, 15) is 23.1 Å². The number of hydrogen-bond acceptors (Lipinski definition) is 6. The summed E-state index contributed by atoms with van der Waals surface area (Å²) >= 11 is 5.87. The van der Waals surface area contributed by atoms with Crippen LogP contribution in [0.3, 0.4) is 0 Å². The van der Waals surface area contributed by atoms with Crippen molar-refractivity contribution in [2.45, 2.75) is 24.5 Å². The van der Waals surface area contributed by atoms with Crippen molar-refractivity contribution in [1.29, 1.82) is 0 Å². The van der Waals surface area contributed by atoms with E-state index in [1.807, 2.05) is 0 Å². The molecule has 1 N–H and O–H groups in total. The lowest BCUT2D eigenvalue weighted by Crippen LogP contribution is -2.12. The molecular weight excluding hydrogens is 358 g/mol. The average Bonchev–Trinajstić information content (AvgIpc) is 3.24. The molecule has 1 aliphatic carbocycles. The van der Waals surface area contributed by atoms with Crippen LogP contribution in [0, 0.1) is 0 Å². The van der Waals surface area contributed by atoms with Crippen molar-refractivity contribution in [2.75, 3.05) is 0 Å². The SMILES string of the molecule is O=C(O)c1noc(C2CC2)c1C(=O)c1ccc(Cl)cc1C[SH](=O)=O. The summed E-state index contributed by atoms with van der Waals surface area (Å²) in [6.45, 7) is 0. The van der Waals surface area contributed by atoms with Crippen LogP contribution in [0.2, 0.25) is 5.02 Å². The van der Waals surface area contributed by atoms with Gasteiger partial charge in [-0.05, 0) is 36.6 Å². The largest absolute Gasteiger partial charge is 0.476 e. The molecule has 1 saturated carbocycles. The van der Waals surface area contributed by atoms with Crippen LogP contribution in [0.25, 0.3) is 0 Å². The van der Waals surface area contributed by atoms with E-state index in [1.54, 1.807) is 0 Å². The van der Waals surface area contributed by atoms with E-state index in [2.05, 4.69) is 5.16 Å². The minimum Gasteiger partial charge on any atom is -0.476 e. The van der Waals surface area contributed by atoms with Crippen LogP contribution < -0.4 is 0 Å². The first kappa shape index (κ1) is 16.7. The quantitative estimate of drug-likeness (QED) is 0.592. The smallest absolute Gasteiger partial charge is 0.358 e. The van der Waals surface area contributed by atoms with E-state index < -0.39 is 28.2 Å². The normalized spacial score (nSPS) is 14.1. The zero-order chi connectivity index (χ0) is 17.4. The van der Waals surface area contributed by atoms with Gasteiger partial charge in [0.25, 0.3) is 0 Å². The van der Waals surface area contributed by atoms with Crippen LogP contribution in [-0.4, -0.2) is 30.4 Å². The molecule has 1 aliphatic rings. The molecule has 9 heteroatoms. The Hall–Kier alpha value is -2.19. The lowest BCUT2D eigenvalue weighted by Gasteiger charge is -2.07. The fraction of sp³-hybridized carbons (Fsp3) is 0.267. The standard InChI is InChI=1S/C15H12ClNO6S/c16-9-3-4-10(8(5-9)6-24(21)22)13(18)11-12(15(19)20)17-23-14(11)7-1-2-7/h3-5,7,24H,1-2,6H2,(H,19,20). The first-order chi connectivity index (χ1) is 11.4. The fourth-order valence-corrected chi connectivity index (χ4v) is 3.22. The summed E-state index contributed by atoms with van der Waals surface area (Å²) in [5.74, 6) is -2.16. The van der Waals surface area contributed by atoms with Crippen molar-refractivity contribution >= 4 is 34.1 Å². The third-order valence-corrected chi connectivity index (χ3v) is 4.54. The molecule has 0 aliphatic heterocycles. The number of halogens is 1. The molecule has 0 atom stereocenters. The molecule has 0 saturated heterocycles. The zero-order valence-electron chi connectivity index (χ0n) is 12.2. The van der Waals surface area contributed by atoms with Gasteiger partial charge in [-0.3, -0.25) is 4.79 Å². The predicted molar refractivity (Wildman–Crippen MR) is 84.3 cm³/mol. The zero-order valence-corrected chi connectivity index (χ0v) is 13.8. The maximum atomic E-state index is 12.9. The van der Waals surface area contributed by atoms with E-state index in [0.717, 1.165) is 12.8 Å². The third-order valence-electron chi connectivity index (χ3n) is 3.71. The molecule has 1 fully saturated rings. The van der Waals surface area contributed by atoms with Gasteiger partial charge in [0.15, 0.2) is 11.5 Å². The second-order valence-corrected chi connectivity index (χ2v) is 6.89. The van der Waals surface area contributed by atoms with Gasteiger partial charge in [-0.2, -0.15) is 0 Å². The summed E-state index contributed by atoms with van der Waals surface area (Å²) < 4.78 is 27.2. The molecule has 0 spiro atoms. The molecule has 3 rings (SSSR count). The molecular formula is C15H12ClNO6S. The predicted octanol–water partition coefficient (Wildman–Crippen LogP) is 2.25. The Labute approximate surface area is 143 Å². The number of benzene rings is 1. The number of nitrogens with zero attached hydrogens (tertiary/aromatic N) is 1. The first-order valence-electron chi connectivity index (χ1n) is 7.06. The molecule has 0 unspecified atom stereocenters. The summed E-state index contributed by atoms with van der Waals surface area (Å²) in [6, 6.07) is 4.21. The van der Waals surface area contributed by atoms with Crippen molar-refractivity contribution in [3.63, 3.8) is 0 Å². The minimum atomic E-state index is -2.78. The molecule has 1 aromatic heterocycles. The van der Waals surface area contributed by atoms with E-state index in [-0.39, 0.29) is 39.1 Å². The van der Waals surface area contributed by atoms with Gasteiger partial charge >= 0.3 is 5.97 Å². The maximum Gasteiger partial charge on any atom is 0.358 e. The van der Waals surface area contributed by atoms with Crippen LogP contribution >= 0.6 is 11.6 Å². The van der Waals surface area contributed by atoms with Crippen LogP contribution in [0.1, 0.15) is 56.5 Å². The Bertz CT molecular complexity index is 905. The van der Waals surface area contributed by atoms with Crippen LogP contribution in [0.5, 0.6) is 0 Å². The number of aromatic carboxylic acids is 1. The van der Waals surface area contributed by atoms with E-state index >= 15 is 0 Å². The number of carboxylic acids is 1. The number of ketones is 1. The van der Waals surface area contributed by atoms with Crippen molar-refractivity contribution in [2.24, 2.45) is 0 Å². The summed E-state index contributed by atoms with van der Waals surface area (Å²) in [4.78, 5) is 24.2. The minimum absolute atomic E-state index is 0.0311. The Morgan fingerprint density at radius 1 is 1.33 bits per heavy atom. The van der Waals surface area contributed by atoms with Crippen LogP contribution in [0.15, 0.2) is 22.7 Å². The van der Waals surface area contributed by atoms with Crippen molar-refractivity contribution in [1.82, 2.24) is 5.16 Å². The summed E-state index contributed by atoms with van der Waals surface area (Å²) in [5, 5.41) is 13.0. The van der Waals surface area contributed by atoms with Gasteiger partial charge in [-0.1, -0.05) is 16.8 Å². The Kier molecular flexibility index (Phi) is 4.42. The number of carboxylic acid groups (broad SMARTS) is 1. The van der Waals surface area contributed by atoms with Gasteiger partial charge in [0.05, 0.1) is 5.75 Å². The molecule has 1 aromatic carbocycles. The second-order valence-electron chi connectivity index (χ2n) is 5.47. The lowest BCUT2D eigenvalue weighted by molar-refractivity contribution is 0.0682. The Balaban J connectivity index is 2.13. The Morgan fingerprint density at radius 2 is 2.04 bits per heavy atom. The van der Waals surface area contributed by atoms with Crippen LogP contribution in [-0.2, 0) is 16.5 Å². The molecule has 1 heterocycles. The van der Waals surface area contributed by atoms with Crippen LogP contribution in [0.4, 0.5) is 0 Å². The van der Waals surface area contributed by atoms with Gasteiger partial charge < -0.3 is 9.63 Å². The number of hydrogen-bond donors (Lipinski definition) is 2. The highest BCUT2D eigenvalue weighted by Gasteiger charge is 2.37. The summed E-state index contributed by atoms with van der Waals surface area (Å²) in [6.07, 6.45) is 1.57. The van der Waals surface area contributed by atoms with E-state index in [1.165, 1.54) is 18.2 Å². The van der Waals surface area contributed by atoms with Gasteiger partial charge in [0.1, 0.15) is 16.3 Å². The third kappa shape index (κ3) is 3.20. The van der Waals surface area contributed by atoms with Crippen molar-refractivity contribution in [3.8, 4) is 0 Å². The van der Waals surface area contributed by atoms with E-state index in [0.29, 0.717) is 0 Å². The van der Waals surface area contributed by atoms with Crippen molar-refractivity contribution in [3.05, 3.63) is 51.4 Å². The highest BCUT2D eigenvalue weighted by Crippen LogP contribution is 2.43. The lowest BCUT2D eigenvalue weighted by atomic mass is 9.96. The monoisotopic (exact) mass is 369 g/mol. The highest BCUT2D eigenvalue weighted by atomic mass is 35.5. The van der Waals surface area contributed by atoms with Crippen molar-refractivity contribution < 1.29 is 27.6 Å². The number of thiol groups is 1. The van der Waals surface area contributed by atoms with Gasteiger partial charge in [0.2, 0.25) is 5.69 Å². The number of carbonyl (C=O) groups excluding carboxylic acids is 1. The summed E-state index contributed by atoms with van der Waals surface area (Å²) in [7, 11) is -2.78. The van der Waals surface area contributed by atoms with Gasteiger partial charge in [-0.15, -0.1) is 0 Å². The number of rotatable bonds is 6. The molecule has 0 radical (unpaired) electrons. The first-order valence-corrected chi connectivity index (χ1v) is 8.80. The van der Waals surface area contributed by atoms with E-state index in [4.69, 9.17) is 16.1 Å². The molecule has 2 aromatic rings. The topological polar surface area (TPSA) is 115 Å². The summed E-state index contributed by atoms with van der Waals surface area (Å²) in [5.41, 5.74) is -0.293. The Morgan fingerprint density at radius 3 is 2.62 bits per heavy atom. The maximum absolute atomic E-state index is 12.9. The number of carbonyl (C=O) groups is 2. The molecule has 7 nitrogen and oxygen atoms in total. The molecule has 0 bridgehead atoms. The molecule has 0 amide bonds. The fourth-order valence-electron chi connectivity index (χ4n) is 2.48.